The fraction of sp³-hybridized carbons (Fsp3) is 0.647. The van der Waals surface area contributed by atoms with Gasteiger partial charge in [0.25, 0.3) is 0 Å². The predicted molar refractivity (Wildman–Crippen MR) is 83.9 cm³/mol. The topological polar surface area (TPSA) is 32.3 Å². The molecule has 0 fully saturated rings. The lowest BCUT2D eigenvalue weighted by Gasteiger charge is -2.09. The lowest BCUT2D eigenvalue weighted by molar-refractivity contribution is 0.475. The molecule has 0 aliphatic carbocycles. The largest absolute Gasteiger partial charge is 0.508 e. The highest BCUT2D eigenvalue weighted by Gasteiger charge is 1.98. The maximum Gasteiger partial charge on any atom is 0.115 e. The second-order valence-electron chi connectivity index (χ2n) is 5.40. The molecule has 1 aromatic rings. The summed E-state index contributed by atoms with van der Waals surface area (Å²) < 4.78 is 0. The van der Waals surface area contributed by atoms with Crippen LogP contribution in [0, 0.1) is 6.92 Å². The minimum Gasteiger partial charge on any atom is -0.508 e. The quantitative estimate of drug-likeness (QED) is 0.446. The van der Waals surface area contributed by atoms with Gasteiger partial charge in [0.2, 0.25) is 0 Å². The zero-order chi connectivity index (χ0) is 13.9. The van der Waals surface area contributed by atoms with E-state index >= 15 is 0 Å². The first-order valence-corrected chi connectivity index (χ1v) is 7.77. The van der Waals surface area contributed by atoms with Crippen molar-refractivity contribution in [3.05, 3.63) is 23.8 Å². The van der Waals surface area contributed by atoms with E-state index in [1.807, 2.05) is 13.0 Å². The average Bonchev–Trinajstić information content (AvgIpc) is 2.39. The standard InChI is InChI=1S/C17H29NO/c1-3-4-5-6-7-8-9-10-13-18-17-12-11-16(19)14-15(17)2/h11-12,14,18-19H,3-10,13H2,1-2H3. The Morgan fingerprint density at radius 2 is 1.58 bits per heavy atom. The lowest BCUT2D eigenvalue weighted by Crippen LogP contribution is -2.02. The van der Waals surface area contributed by atoms with Gasteiger partial charge < -0.3 is 10.4 Å². The number of aryl methyl sites for hydroxylation is 1. The molecule has 2 nitrogen and oxygen atoms in total. The molecule has 0 aliphatic heterocycles. The van der Waals surface area contributed by atoms with Gasteiger partial charge in [0.15, 0.2) is 0 Å². The van der Waals surface area contributed by atoms with Crippen LogP contribution in [0.1, 0.15) is 63.9 Å². The number of rotatable bonds is 10. The number of hydrogen-bond acceptors (Lipinski definition) is 2. The van der Waals surface area contributed by atoms with Crippen LogP contribution >= 0.6 is 0 Å². The molecule has 0 saturated heterocycles. The summed E-state index contributed by atoms with van der Waals surface area (Å²) in [5, 5.41) is 12.8. The Kier molecular flexibility index (Phi) is 8.11. The summed E-state index contributed by atoms with van der Waals surface area (Å²) in [5.74, 6) is 0.343. The van der Waals surface area contributed by atoms with Gasteiger partial charge >= 0.3 is 0 Å². The number of nitrogens with one attached hydrogen (secondary N) is 1. The van der Waals surface area contributed by atoms with Crippen molar-refractivity contribution in [1.29, 1.82) is 0 Å². The van der Waals surface area contributed by atoms with E-state index in [-0.39, 0.29) is 0 Å². The van der Waals surface area contributed by atoms with Crippen molar-refractivity contribution in [3.63, 3.8) is 0 Å². The first kappa shape index (κ1) is 15.9. The van der Waals surface area contributed by atoms with Crippen LogP contribution < -0.4 is 5.32 Å². The van der Waals surface area contributed by atoms with Crippen LogP contribution in [-0.2, 0) is 0 Å². The Bertz CT molecular complexity index is 349. The lowest BCUT2D eigenvalue weighted by atomic mass is 10.1. The SMILES string of the molecule is CCCCCCCCCCNc1ccc(O)cc1C. The predicted octanol–water partition coefficient (Wildman–Crippen LogP) is 5.25. The first-order valence-electron chi connectivity index (χ1n) is 7.77. The van der Waals surface area contributed by atoms with Gasteiger partial charge in [0.05, 0.1) is 0 Å². The van der Waals surface area contributed by atoms with Crippen LogP contribution in [0.5, 0.6) is 5.75 Å². The van der Waals surface area contributed by atoms with E-state index in [0.717, 1.165) is 17.8 Å². The summed E-state index contributed by atoms with van der Waals surface area (Å²) in [6.45, 7) is 5.31. The highest BCUT2D eigenvalue weighted by molar-refractivity contribution is 5.53. The molecule has 0 atom stereocenters. The number of phenols is 1. The first-order chi connectivity index (χ1) is 9.24. The number of unbranched alkanes of at least 4 members (excludes halogenated alkanes) is 7. The second kappa shape index (κ2) is 9.71. The Morgan fingerprint density at radius 3 is 2.21 bits per heavy atom. The number of benzene rings is 1. The third kappa shape index (κ3) is 7.09. The second-order valence-corrected chi connectivity index (χ2v) is 5.40. The van der Waals surface area contributed by atoms with Crippen molar-refractivity contribution in [1.82, 2.24) is 0 Å². The maximum absolute atomic E-state index is 9.34. The van der Waals surface area contributed by atoms with Crippen molar-refractivity contribution in [2.24, 2.45) is 0 Å². The molecule has 1 aromatic carbocycles. The van der Waals surface area contributed by atoms with Gasteiger partial charge in [0.1, 0.15) is 5.75 Å². The molecule has 1 rings (SSSR count). The number of hydrogen-bond donors (Lipinski definition) is 2. The van der Waals surface area contributed by atoms with Gasteiger partial charge in [0, 0.05) is 12.2 Å². The molecule has 0 bridgehead atoms. The molecule has 2 heteroatoms. The number of anilines is 1. The van der Waals surface area contributed by atoms with Crippen molar-refractivity contribution in [3.8, 4) is 5.75 Å². The van der Waals surface area contributed by atoms with Crippen LogP contribution in [0.3, 0.4) is 0 Å². The van der Waals surface area contributed by atoms with Gasteiger partial charge in [-0.25, -0.2) is 0 Å². The fourth-order valence-corrected chi connectivity index (χ4v) is 2.33. The molecular formula is C17H29NO. The van der Waals surface area contributed by atoms with Gasteiger partial charge in [-0.1, -0.05) is 51.9 Å². The summed E-state index contributed by atoms with van der Waals surface area (Å²) in [6, 6.07) is 5.49. The molecule has 0 heterocycles. The summed E-state index contributed by atoms with van der Waals surface area (Å²) in [5.41, 5.74) is 2.25. The van der Waals surface area contributed by atoms with Crippen LogP contribution in [0.4, 0.5) is 5.69 Å². The molecule has 2 N–H and O–H groups in total. The normalized spacial score (nSPS) is 10.6. The molecule has 0 unspecified atom stereocenters. The van der Waals surface area contributed by atoms with Crippen LogP contribution in [-0.4, -0.2) is 11.7 Å². The van der Waals surface area contributed by atoms with Crippen LogP contribution in [0.2, 0.25) is 0 Å². The molecule has 0 spiro atoms. The molecule has 108 valence electrons. The van der Waals surface area contributed by atoms with Gasteiger partial charge in [-0.2, -0.15) is 0 Å². The number of aromatic hydroxyl groups is 1. The van der Waals surface area contributed by atoms with Crippen LogP contribution in [0.25, 0.3) is 0 Å². The van der Waals surface area contributed by atoms with Crippen molar-refractivity contribution >= 4 is 5.69 Å². The fourth-order valence-electron chi connectivity index (χ4n) is 2.33. The van der Waals surface area contributed by atoms with Gasteiger partial charge in [-0.3, -0.25) is 0 Å². The van der Waals surface area contributed by atoms with E-state index in [1.165, 1.54) is 51.4 Å². The van der Waals surface area contributed by atoms with Gasteiger partial charge in [-0.15, -0.1) is 0 Å². The zero-order valence-corrected chi connectivity index (χ0v) is 12.5. The van der Waals surface area contributed by atoms with E-state index < -0.39 is 0 Å². The zero-order valence-electron chi connectivity index (χ0n) is 12.5. The Hall–Kier alpha value is -1.18. The van der Waals surface area contributed by atoms with E-state index in [9.17, 15) is 5.11 Å². The highest BCUT2D eigenvalue weighted by Crippen LogP contribution is 2.20. The maximum atomic E-state index is 9.34. The molecule has 0 aromatic heterocycles. The Morgan fingerprint density at radius 1 is 0.947 bits per heavy atom. The molecule has 0 amide bonds. The molecular weight excluding hydrogens is 234 g/mol. The summed E-state index contributed by atoms with van der Waals surface area (Å²) in [7, 11) is 0. The molecule has 0 saturated carbocycles. The summed E-state index contributed by atoms with van der Waals surface area (Å²) in [4.78, 5) is 0. The van der Waals surface area contributed by atoms with E-state index in [0.29, 0.717) is 5.75 Å². The van der Waals surface area contributed by atoms with Crippen LogP contribution in [0.15, 0.2) is 18.2 Å². The van der Waals surface area contributed by atoms with Crippen molar-refractivity contribution in [2.45, 2.75) is 65.2 Å². The summed E-state index contributed by atoms with van der Waals surface area (Å²) in [6.07, 6.45) is 10.8. The Balaban J connectivity index is 2.01. The third-order valence-electron chi connectivity index (χ3n) is 3.56. The molecule has 0 aliphatic rings. The number of phenolic OH excluding ortho intramolecular Hbond substituents is 1. The smallest absolute Gasteiger partial charge is 0.115 e. The minimum atomic E-state index is 0.343. The van der Waals surface area contributed by atoms with Gasteiger partial charge in [-0.05, 0) is 37.1 Å². The van der Waals surface area contributed by atoms with Crippen molar-refractivity contribution in [2.75, 3.05) is 11.9 Å². The monoisotopic (exact) mass is 263 g/mol. The van der Waals surface area contributed by atoms with E-state index in [1.54, 1.807) is 12.1 Å². The minimum absolute atomic E-state index is 0.343. The van der Waals surface area contributed by atoms with Crippen molar-refractivity contribution < 1.29 is 5.11 Å². The highest BCUT2D eigenvalue weighted by atomic mass is 16.3. The molecule has 0 radical (unpaired) electrons. The van der Waals surface area contributed by atoms with E-state index in [2.05, 4.69) is 12.2 Å². The van der Waals surface area contributed by atoms with E-state index in [4.69, 9.17) is 0 Å². The average molecular weight is 263 g/mol. The molecule has 19 heavy (non-hydrogen) atoms. The Labute approximate surface area is 118 Å². The third-order valence-corrected chi connectivity index (χ3v) is 3.56. The summed E-state index contributed by atoms with van der Waals surface area (Å²) >= 11 is 0.